The summed E-state index contributed by atoms with van der Waals surface area (Å²) < 4.78 is 14.9. The van der Waals surface area contributed by atoms with Gasteiger partial charge >= 0.3 is 0 Å². The van der Waals surface area contributed by atoms with E-state index in [9.17, 15) is 25.5 Å². The van der Waals surface area contributed by atoms with Crippen LogP contribution in [-0.4, -0.2) is 93.1 Å². The largest absolute Gasteiger partial charge is 0.394 e. The summed E-state index contributed by atoms with van der Waals surface area (Å²) in [4.78, 5) is 0. The molecule has 9 nitrogen and oxygen atoms in total. The monoisotopic (exact) mass is 282 g/mol. The van der Waals surface area contributed by atoms with Crippen LogP contribution >= 0.6 is 0 Å². The maximum absolute atomic E-state index is 9.66. The first-order valence-corrected chi connectivity index (χ1v) is 5.89. The smallest absolute Gasteiger partial charge is 0.187 e. The maximum Gasteiger partial charge on any atom is 0.187 e. The van der Waals surface area contributed by atoms with Crippen LogP contribution in [0.4, 0.5) is 0 Å². The zero-order chi connectivity index (χ0) is 14.2. The highest BCUT2D eigenvalue weighted by Crippen LogP contribution is 2.26. The van der Waals surface area contributed by atoms with E-state index in [0.29, 0.717) is 0 Å². The van der Waals surface area contributed by atoms with Gasteiger partial charge in [-0.25, -0.2) is 0 Å². The molecule has 19 heavy (non-hydrogen) atoms. The van der Waals surface area contributed by atoms with Crippen molar-refractivity contribution in [1.82, 2.24) is 0 Å². The van der Waals surface area contributed by atoms with Crippen molar-refractivity contribution in [2.75, 3.05) is 13.2 Å². The van der Waals surface area contributed by atoms with Gasteiger partial charge in [0.25, 0.3) is 0 Å². The van der Waals surface area contributed by atoms with Crippen molar-refractivity contribution in [3.8, 4) is 0 Å². The predicted molar refractivity (Wildman–Crippen MR) is 56.6 cm³/mol. The summed E-state index contributed by atoms with van der Waals surface area (Å²) >= 11 is 0. The van der Waals surface area contributed by atoms with Gasteiger partial charge in [0.1, 0.15) is 36.6 Å². The molecule has 0 unspecified atom stereocenters. The third-order valence-corrected chi connectivity index (χ3v) is 3.24. The Hall–Kier alpha value is -0.360. The highest BCUT2D eigenvalue weighted by atomic mass is 16.7. The van der Waals surface area contributed by atoms with Crippen LogP contribution < -0.4 is 0 Å². The molecule has 0 amide bonds. The van der Waals surface area contributed by atoms with E-state index >= 15 is 0 Å². The van der Waals surface area contributed by atoms with Gasteiger partial charge in [0.15, 0.2) is 12.6 Å². The normalized spacial score (nSPS) is 51.5. The molecule has 0 spiro atoms. The van der Waals surface area contributed by atoms with E-state index in [2.05, 4.69) is 4.74 Å². The lowest BCUT2D eigenvalue weighted by Gasteiger charge is -2.36. The van der Waals surface area contributed by atoms with E-state index in [1.807, 2.05) is 0 Å². The maximum atomic E-state index is 9.66. The van der Waals surface area contributed by atoms with Crippen molar-refractivity contribution in [2.24, 2.45) is 0 Å². The average molecular weight is 282 g/mol. The lowest BCUT2D eigenvalue weighted by atomic mass is 10.0. The molecule has 0 aliphatic carbocycles. The number of hydrogen-bond acceptors (Lipinski definition) is 9. The van der Waals surface area contributed by atoms with Crippen LogP contribution in [0.25, 0.3) is 0 Å². The van der Waals surface area contributed by atoms with Crippen molar-refractivity contribution < 1.29 is 44.8 Å². The zero-order valence-corrected chi connectivity index (χ0v) is 9.94. The Kier molecular flexibility index (Phi) is 4.71. The van der Waals surface area contributed by atoms with Gasteiger partial charge in [-0.1, -0.05) is 0 Å². The van der Waals surface area contributed by atoms with E-state index in [1.165, 1.54) is 0 Å². The van der Waals surface area contributed by atoms with E-state index < -0.39 is 55.8 Å². The number of rotatable bonds is 3. The van der Waals surface area contributed by atoms with Crippen LogP contribution in [0.15, 0.2) is 0 Å². The SMILES string of the molecule is OC[C@@H]1O[C@@H](O[C@@H]2[C@@H](O)[C@H](O)OC[C@@H]2O)[C@H](O)[C@H]1O. The summed E-state index contributed by atoms with van der Waals surface area (Å²) in [5.74, 6) is 0. The second-order valence-corrected chi connectivity index (χ2v) is 4.59. The van der Waals surface area contributed by atoms with Crippen molar-refractivity contribution in [3.63, 3.8) is 0 Å². The number of ether oxygens (including phenoxy) is 3. The summed E-state index contributed by atoms with van der Waals surface area (Å²) in [7, 11) is 0. The minimum Gasteiger partial charge on any atom is -0.394 e. The predicted octanol–water partition coefficient (Wildman–Crippen LogP) is -4.12. The van der Waals surface area contributed by atoms with Gasteiger partial charge in [-0.05, 0) is 0 Å². The molecule has 0 bridgehead atoms. The molecule has 2 fully saturated rings. The summed E-state index contributed by atoms with van der Waals surface area (Å²) in [6, 6.07) is 0. The molecule has 0 aromatic heterocycles. The van der Waals surface area contributed by atoms with Gasteiger partial charge < -0.3 is 44.8 Å². The Morgan fingerprint density at radius 1 is 1.00 bits per heavy atom. The molecule has 9 heteroatoms. The molecular formula is C10H18O9. The first-order valence-electron chi connectivity index (χ1n) is 5.89. The number of aliphatic hydroxyl groups excluding tert-OH is 6. The van der Waals surface area contributed by atoms with Gasteiger partial charge in [-0.2, -0.15) is 0 Å². The van der Waals surface area contributed by atoms with Gasteiger partial charge in [0, 0.05) is 0 Å². The van der Waals surface area contributed by atoms with Crippen LogP contribution in [0, 0.1) is 0 Å². The highest BCUT2D eigenvalue weighted by molar-refractivity contribution is 4.90. The quantitative estimate of drug-likeness (QED) is 0.303. The fraction of sp³-hybridized carbons (Fsp3) is 1.00. The van der Waals surface area contributed by atoms with Crippen molar-refractivity contribution in [2.45, 2.75) is 49.2 Å². The summed E-state index contributed by atoms with van der Waals surface area (Å²) in [6.45, 7) is -0.767. The van der Waals surface area contributed by atoms with Gasteiger partial charge in [-0.3, -0.25) is 0 Å². The van der Waals surface area contributed by atoms with E-state index in [4.69, 9.17) is 14.6 Å². The Balaban J connectivity index is 2.00. The minimum atomic E-state index is -1.52. The van der Waals surface area contributed by atoms with Crippen molar-refractivity contribution in [1.29, 1.82) is 0 Å². The molecule has 2 aliphatic rings. The topological polar surface area (TPSA) is 149 Å². The molecule has 2 saturated heterocycles. The molecule has 6 N–H and O–H groups in total. The molecule has 0 aromatic carbocycles. The van der Waals surface area contributed by atoms with E-state index in [1.54, 1.807) is 0 Å². The third kappa shape index (κ3) is 2.89. The summed E-state index contributed by atoms with van der Waals surface area (Å²) in [6.07, 6.45) is -10.6. The fourth-order valence-electron chi connectivity index (χ4n) is 2.08. The lowest BCUT2D eigenvalue weighted by molar-refractivity contribution is -0.298. The number of aliphatic hydroxyl groups is 6. The molecule has 2 aliphatic heterocycles. The molecule has 0 saturated carbocycles. The molecule has 0 aromatic rings. The Morgan fingerprint density at radius 2 is 1.68 bits per heavy atom. The fourth-order valence-corrected chi connectivity index (χ4v) is 2.08. The Bertz CT molecular complexity index is 301. The summed E-state index contributed by atoms with van der Waals surface area (Å²) in [5, 5.41) is 56.7. The molecule has 2 heterocycles. The number of hydrogen-bond donors (Lipinski definition) is 6. The van der Waals surface area contributed by atoms with Gasteiger partial charge in [0.05, 0.1) is 13.2 Å². The van der Waals surface area contributed by atoms with Crippen molar-refractivity contribution >= 4 is 0 Å². The van der Waals surface area contributed by atoms with Crippen LogP contribution in [0.1, 0.15) is 0 Å². The molecule has 112 valence electrons. The lowest BCUT2D eigenvalue weighted by Crippen LogP contribution is -2.56. The van der Waals surface area contributed by atoms with Gasteiger partial charge in [0.2, 0.25) is 0 Å². The Morgan fingerprint density at radius 3 is 2.26 bits per heavy atom. The van der Waals surface area contributed by atoms with Crippen LogP contribution in [0.3, 0.4) is 0 Å². The second-order valence-electron chi connectivity index (χ2n) is 4.59. The zero-order valence-electron chi connectivity index (χ0n) is 9.94. The second kappa shape index (κ2) is 5.95. The molecular weight excluding hydrogens is 264 g/mol. The minimum absolute atomic E-state index is 0.252. The highest BCUT2D eigenvalue weighted by Gasteiger charge is 2.47. The van der Waals surface area contributed by atoms with E-state index in [0.717, 1.165) is 0 Å². The standard InChI is InChI=1S/C10H18O9/c11-1-4-5(13)6(14)10(18-4)19-8-3(12)2-17-9(16)7(8)15/h3-16H,1-2H2/t3-,4-,5-,6+,7+,8-,9+,10-/m0/s1. The third-order valence-electron chi connectivity index (χ3n) is 3.24. The molecule has 2 rings (SSSR count). The Labute approximate surface area is 108 Å². The van der Waals surface area contributed by atoms with Gasteiger partial charge in [-0.15, -0.1) is 0 Å². The van der Waals surface area contributed by atoms with Crippen LogP contribution in [0.5, 0.6) is 0 Å². The van der Waals surface area contributed by atoms with Crippen LogP contribution in [0.2, 0.25) is 0 Å². The average Bonchev–Trinajstić information content (AvgIpc) is 2.66. The molecule has 8 atom stereocenters. The van der Waals surface area contributed by atoms with Crippen LogP contribution in [-0.2, 0) is 14.2 Å². The van der Waals surface area contributed by atoms with Crippen molar-refractivity contribution in [3.05, 3.63) is 0 Å². The molecule has 0 radical (unpaired) electrons. The first kappa shape index (κ1) is 15.0. The summed E-state index contributed by atoms with van der Waals surface area (Å²) in [5.41, 5.74) is 0. The van der Waals surface area contributed by atoms with E-state index in [-0.39, 0.29) is 6.61 Å². The first-order chi connectivity index (χ1) is 8.95.